The summed E-state index contributed by atoms with van der Waals surface area (Å²) < 4.78 is 16.2. The average molecular weight is 532 g/mol. The molecule has 0 radical (unpaired) electrons. The Morgan fingerprint density at radius 2 is 1.97 bits per heavy atom. The number of carboxylic acids is 1. The predicted octanol–water partition coefficient (Wildman–Crippen LogP) is 5.40. The van der Waals surface area contributed by atoms with Gasteiger partial charge in [0.2, 0.25) is 5.91 Å². The first-order chi connectivity index (χ1) is 17.2. The number of amides is 1. The number of hydrogen-bond acceptors (Lipinski definition) is 5. The molecule has 36 heavy (non-hydrogen) atoms. The highest BCUT2D eigenvalue weighted by atomic mass is 35.5. The van der Waals surface area contributed by atoms with Crippen molar-refractivity contribution in [2.24, 2.45) is 0 Å². The molecule has 0 aliphatic carbocycles. The predicted molar refractivity (Wildman–Crippen MR) is 138 cm³/mol. The van der Waals surface area contributed by atoms with Gasteiger partial charge in [-0.2, -0.15) is 0 Å². The van der Waals surface area contributed by atoms with Crippen molar-refractivity contribution < 1.29 is 23.9 Å². The molecular formula is C26H27ClFN3O4S. The molecule has 0 aliphatic heterocycles. The van der Waals surface area contributed by atoms with Crippen LogP contribution in [0.15, 0.2) is 48.7 Å². The lowest BCUT2D eigenvalue weighted by Gasteiger charge is -2.18. The van der Waals surface area contributed by atoms with Crippen LogP contribution in [0.4, 0.5) is 4.39 Å². The highest BCUT2D eigenvalue weighted by molar-refractivity contribution is 8.14. The first-order valence-electron chi connectivity index (χ1n) is 11.5. The largest absolute Gasteiger partial charge is 0.478 e. The Balaban J connectivity index is 1.84. The molecule has 2 aromatic carbocycles. The molecular weight excluding hydrogens is 505 g/mol. The highest BCUT2D eigenvalue weighted by Crippen LogP contribution is 2.34. The molecule has 3 rings (SSSR count). The molecule has 2 N–H and O–H groups in total. The van der Waals surface area contributed by atoms with E-state index in [1.807, 2.05) is 4.57 Å². The summed E-state index contributed by atoms with van der Waals surface area (Å²) in [6.45, 7) is 3.85. The van der Waals surface area contributed by atoms with Crippen LogP contribution < -0.4 is 5.32 Å². The van der Waals surface area contributed by atoms with Crippen molar-refractivity contribution in [1.29, 1.82) is 0 Å². The van der Waals surface area contributed by atoms with E-state index < -0.39 is 22.6 Å². The van der Waals surface area contributed by atoms with Crippen LogP contribution in [-0.2, 0) is 29.1 Å². The van der Waals surface area contributed by atoms with E-state index in [-0.39, 0.29) is 24.1 Å². The first-order valence-corrected chi connectivity index (χ1v) is 12.7. The number of thioether (sulfide) groups is 1. The Kier molecular flexibility index (Phi) is 9.66. The van der Waals surface area contributed by atoms with Crippen LogP contribution in [0.3, 0.4) is 0 Å². The molecule has 0 saturated heterocycles. The zero-order valence-electron chi connectivity index (χ0n) is 20.0. The topological polar surface area (TPSA) is 101 Å². The second-order valence-electron chi connectivity index (χ2n) is 8.20. The van der Waals surface area contributed by atoms with E-state index in [0.717, 1.165) is 30.4 Å². The van der Waals surface area contributed by atoms with Gasteiger partial charge in [-0.15, -0.1) is 0 Å². The Bertz CT molecular complexity index is 1260. The van der Waals surface area contributed by atoms with E-state index in [1.54, 1.807) is 36.5 Å². The van der Waals surface area contributed by atoms with Gasteiger partial charge in [0.1, 0.15) is 16.9 Å². The number of aromatic carboxylic acids is 1. The second-order valence-corrected chi connectivity index (χ2v) is 9.89. The van der Waals surface area contributed by atoms with Crippen LogP contribution in [0.25, 0.3) is 0 Å². The monoisotopic (exact) mass is 531 g/mol. The van der Waals surface area contributed by atoms with Gasteiger partial charge in [-0.25, -0.2) is 14.2 Å². The number of halogens is 2. The third kappa shape index (κ3) is 6.95. The molecule has 1 aromatic heterocycles. The lowest BCUT2D eigenvalue weighted by Crippen LogP contribution is -2.29. The molecule has 1 atom stereocenters. The summed E-state index contributed by atoms with van der Waals surface area (Å²) in [5.74, 6) is -1.73. The fourth-order valence-corrected chi connectivity index (χ4v) is 4.88. The van der Waals surface area contributed by atoms with E-state index in [1.165, 1.54) is 19.1 Å². The number of carbonyl (C=O) groups excluding carboxylic acids is 2. The van der Waals surface area contributed by atoms with Crippen LogP contribution in [-0.4, -0.2) is 31.6 Å². The summed E-state index contributed by atoms with van der Waals surface area (Å²) in [6.07, 6.45) is 4.22. The van der Waals surface area contributed by atoms with Crippen LogP contribution >= 0.6 is 23.4 Å². The molecule has 7 nitrogen and oxygen atoms in total. The van der Waals surface area contributed by atoms with Crippen LogP contribution in [0.5, 0.6) is 0 Å². The second kappa shape index (κ2) is 12.7. The minimum atomic E-state index is -1.33. The van der Waals surface area contributed by atoms with Crippen LogP contribution in [0.2, 0.25) is 5.02 Å². The smallest absolute Gasteiger partial charge is 0.338 e. The number of unbranched alkanes of at least 4 members (excludes halogenated alkanes) is 1. The number of rotatable bonds is 11. The minimum Gasteiger partial charge on any atom is -0.478 e. The molecule has 1 heterocycles. The van der Waals surface area contributed by atoms with Gasteiger partial charge in [0.25, 0.3) is 0 Å². The molecule has 0 bridgehead atoms. The number of carbonyl (C=O) groups is 3. The summed E-state index contributed by atoms with van der Waals surface area (Å²) in [7, 11) is 0. The van der Waals surface area contributed by atoms with Crippen molar-refractivity contribution in [2.45, 2.75) is 51.4 Å². The summed E-state index contributed by atoms with van der Waals surface area (Å²) in [6, 6.07) is 10.9. The number of benzene rings is 2. The van der Waals surface area contributed by atoms with E-state index in [2.05, 4.69) is 17.2 Å². The van der Waals surface area contributed by atoms with E-state index in [4.69, 9.17) is 16.7 Å². The summed E-state index contributed by atoms with van der Waals surface area (Å²) >= 11 is 7.18. The molecule has 10 heteroatoms. The zero-order valence-corrected chi connectivity index (χ0v) is 21.5. The minimum absolute atomic E-state index is 0.132. The molecule has 3 aromatic rings. The van der Waals surface area contributed by atoms with Crippen LogP contribution in [0, 0.1) is 5.82 Å². The number of imidazole rings is 1. The quantitative estimate of drug-likeness (QED) is 0.343. The van der Waals surface area contributed by atoms with Crippen molar-refractivity contribution in [1.82, 2.24) is 14.9 Å². The molecule has 0 spiro atoms. The lowest BCUT2D eigenvalue weighted by atomic mass is 10.1. The summed E-state index contributed by atoms with van der Waals surface area (Å²) in [4.78, 5) is 40.6. The maximum Gasteiger partial charge on any atom is 0.338 e. The molecule has 1 unspecified atom stereocenters. The van der Waals surface area contributed by atoms with Crippen molar-refractivity contribution in [2.75, 3.05) is 0 Å². The Morgan fingerprint density at radius 3 is 2.61 bits per heavy atom. The third-order valence-electron chi connectivity index (χ3n) is 5.53. The molecule has 190 valence electrons. The number of aromatic nitrogens is 2. The molecule has 0 saturated carbocycles. The number of nitrogens with zero attached hydrogens (tertiary/aromatic N) is 2. The van der Waals surface area contributed by atoms with E-state index >= 15 is 0 Å². The number of carboxylic acid groups (broad SMARTS) is 1. The zero-order chi connectivity index (χ0) is 26.2. The van der Waals surface area contributed by atoms with Gasteiger partial charge < -0.3 is 15.0 Å². The number of nitrogens with one attached hydrogen (secondary N) is 1. The third-order valence-corrected chi connectivity index (χ3v) is 6.91. The van der Waals surface area contributed by atoms with E-state index in [9.17, 15) is 18.8 Å². The van der Waals surface area contributed by atoms with Crippen molar-refractivity contribution >= 4 is 40.4 Å². The average Bonchev–Trinajstić information content (AvgIpc) is 3.21. The maximum atomic E-state index is 14.3. The SMILES string of the molecule is CCCCc1ncc(CNC(=O)C(SC(C)=O)c2ccccc2Cl)n1Cc1ccc(C(=O)O)c(F)c1. The fourth-order valence-electron chi connectivity index (χ4n) is 3.72. The molecule has 0 aliphatic rings. The van der Waals surface area contributed by atoms with Gasteiger partial charge in [0.15, 0.2) is 5.12 Å². The van der Waals surface area contributed by atoms with Crippen molar-refractivity contribution in [3.05, 3.63) is 87.7 Å². The number of hydrogen-bond donors (Lipinski definition) is 2. The Labute approximate surface area is 218 Å². The van der Waals surface area contributed by atoms with Crippen molar-refractivity contribution in [3.8, 4) is 0 Å². The Morgan fingerprint density at radius 1 is 1.22 bits per heavy atom. The summed E-state index contributed by atoms with van der Waals surface area (Å²) in [5, 5.41) is 11.3. The molecule has 0 fully saturated rings. The van der Waals surface area contributed by atoms with Gasteiger partial charge in [0, 0.05) is 24.9 Å². The van der Waals surface area contributed by atoms with E-state index in [0.29, 0.717) is 28.3 Å². The lowest BCUT2D eigenvalue weighted by molar-refractivity contribution is -0.121. The molecule has 1 amide bonds. The first kappa shape index (κ1) is 27.4. The van der Waals surface area contributed by atoms with Crippen LogP contribution in [0.1, 0.15) is 64.9 Å². The highest BCUT2D eigenvalue weighted by Gasteiger charge is 2.25. The summed E-state index contributed by atoms with van der Waals surface area (Å²) in [5.41, 5.74) is 1.42. The number of aryl methyl sites for hydroxylation is 1. The van der Waals surface area contributed by atoms with Gasteiger partial charge >= 0.3 is 5.97 Å². The maximum absolute atomic E-state index is 14.3. The fraction of sp³-hybridized carbons (Fsp3) is 0.308. The van der Waals surface area contributed by atoms with Crippen molar-refractivity contribution in [3.63, 3.8) is 0 Å². The van der Waals surface area contributed by atoms with Gasteiger partial charge in [-0.05, 0) is 35.7 Å². The van der Waals surface area contributed by atoms with Gasteiger partial charge in [-0.1, -0.05) is 61.0 Å². The Hall–Kier alpha value is -3.17. The van der Waals surface area contributed by atoms with Gasteiger partial charge in [-0.3, -0.25) is 9.59 Å². The normalized spacial score (nSPS) is 11.8. The standard InChI is InChI=1S/C26H27ClFN3O4S/c1-3-4-9-23-29-13-18(31(23)15-17-10-11-20(26(34)35)22(28)12-17)14-30-25(33)24(36-16(2)32)19-7-5-6-8-21(19)27/h5-8,10-13,24H,3-4,9,14-15H2,1-2H3,(H,30,33)(H,34,35). The van der Waals surface area contributed by atoms with Gasteiger partial charge in [0.05, 0.1) is 24.0 Å².